The molecule has 2 rings (SSSR count). The van der Waals surface area contributed by atoms with E-state index in [2.05, 4.69) is 20.3 Å². The van der Waals surface area contributed by atoms with E-state index in [0.29, 0.717) is 19.2 Å². The van der Waals surface area contributed by atoms with Crippen molar-refractivity contribution in [1.29, 1.82) is 0 Å². The number of nitrogens with one attached hydrogen (secondary N) is 1. The topological polar surface area (TPSA) is 95.2 Å². The Bertz CT molecular complexity index is 579. The first-order valence-electron chi connectivity index (χ1n) is 6.74. The predicted molar refractivity (Wildman–Crippen MR) is 80.4 cm³/mol. The minimum atomic E-state index is 0.0162. The van der Waals surface area contributed by atoms with Gasteiger partial charge in [0.15, 0.2) is 0 Å². The molecule has 1 aromatic carbocycles. The van der Waals surface area contributed by atoms with Crippen LogP contribution >= 0.6 is 0 Å². The molecule has 0 amide bonds. The van der Waals surface area contributed by atoms with Crippen LogP contribution in [-0.2, 0) is 0 Å². The van der Waals surface area contributed by atoms with Crippen LogP contribution in [0.5, 0.6) is 11.5 Å². The highest BCUT2D eigenvalue weighted by Gasteiger charge is 2.06. The molecule has 7 heteroatoms. The van der Waals surface area contributed by atoms with Gasteiger partial charge in [-0.3, -0.25) is 0 Å². The Morgan fingerprint density at radius 2 is 2.00 bits per heavy atom. The fourth-order valence-electron chi connectivity index (χ4n) is 1.68. The van der Waals surface area contributed by atoms with Gasteiger partial charge in [-0.15, -0.1) is 0 Å². The van der Waals surface area contributed by atoms with Crippen LogP contribution in [-0.4, -0.2) is 34.2 Å². The fourth-order valence-corrected chi connectivity index (χ4v) is 1.68. The maximum Gasteiger partial charge on any atom is 0.227 e. The molecular formula is C14H19N5O2. The number of nitrogens with zero attached hydrogens (tertiary/aromatic N) is 3. The Labute approximate surface area is 123 Å². The van der Waals surface area contributed by atoms with Crippen LogP contribution in [0.25, 0.3) is 0 Å². The summed E-state index contributed by atoms with van der Waals surface area (Å²) in [6, 6.07) is 7.55. The Morgan fingerprint density at radius 1 is 1.24 bits per heavy atom. The summed E-state index contributed by atoms with van der Waals surface area (Å²) in [5, 5.41) is 3.09. The number of ether oxygens (including phenoxy) is 2. The van der Waals surface area contributed by atoms with Crippen molar-refractivity contribution in [2.24, 2.45) is 0 Å². The van der Waals surface area contributed by atoms with E-state index in [0.717, 1.165) is 11.5 Å². The molecule has 0 fully saturated rings. The van der Waals surface area contributed by atoms with Gasteiger partial charge in [-0.25, -0.2) is 9.97 Å². The van der Waals surface area contributed by atoms with E-state index in [-0.39, 0.29) is 12.0 Å². The third-order valence-corrected chi connectivity index (χ3v) is 2.58. The number of aromatic nitrogens is 3. The summed E-state index contributed by atoms with van der Waals surface area (Å²) in [6.07, 6.45) is 1.36. The molecule has 21 heavy (non-hydrogen) atoms. The summed E-state index contributed by atoms with van der Waals surface area (Å²) in [7, 11) is 0. The Morgan fingerprint density at radius 3 is 2.71 bits per heavy atom. The number of anilines is 2. The van der Waals surface area contributed by atoms with Crippen LogP contribution < -0.4 is 20.5 Å². The second-order valence-electron chi connectivity index (χ2n) is 4.43. The minimum Gasteiger partial charge on any atom is -0.494 e. The molecule has 0 aliphatic rings. The second kappa shape index (κ2) is 7.28. The van der Waals surface area contributed by atoms with Gasteiger partial charge in [0.25, 0.3) is 0 Å². The Kier molecular flexibility index (Phi) is 5.14. The van der Waals surface area contributed by atoms with E-state index in [1.54, 1.807) is 0 Å². The highest BCUT2D eigenvalue weighted by Crippen LogP contribution is 2.19. The van der Waals surface area contributed by atoms with Gasteiger partial charge in [0.1, 0.15) is 24.4 Å². The maximum atomic E-state index is 5.71. The largest absolute Gasteiger partial charge is 0.494 e. The first-order valence-corrected chi connectivity index (χ1v) is 6.74. The quantitative estimate of drug-likeness (QED) is 0.801. The molecule has 0 bridgehead atoms. The van der Waals surface area contributed by atoms with E-state index in [4.69, 9.17) is 15.2 Å². The summed E-state index contributed by atoms with van der Waals surface area (Å²) in [6.45, 7) is 5.00. The van der Waals surface area contributed by atoms with Gasteiger partial charge >= 0.3 is 0 Å². The van der Waals surface area contributed by atoms with Crippen LogP contribution in [0, 0.1) is 0 Å². The number of hydrogen-bond donors (Lipinski definition) is 2. The molecule has 1 aromatic heterocycles. The van der Waals surface area contributed by atoms with Gasteiger partial charge in [0.05, 0.1) is 12.6 Å². The Balaban J connectivity index is 1.86. The van der Waals surface area contributed by atoms with Crippen molar-refractivity contribution in [3.63, 3.8) is 0 Å². The van der Waals surface area contributed by atoms with Crippen LogP contribution in [0.4, 0.5) is 11.9 Å². The standard InChI is InChI=1S/C14H19N5O2/c1-3-20-11-5-4-6-12(7-11)21-8-10(2)18-14-17-9-16-13(15)19-14/h4-7,9-10H,3,8H2,1-2H3,(H3,15,16,17,18,19). The van der Waals surface area contributed by atoms with Crippen LogP contribution in [0.3, 0.4) is 0 Å². The average molecular weight is 289 g/mol. The number of nitrogen functional groups attached to an aromatic ring is 1. The predicted octanol–water partition coefficient (Wildman–Crippen LogP) is 1.73. The van der Waals surface area contributed by atoms with Crippen molar-refractivity contribution < 1.29 is 9.47 Å². The molecule has 0 saturated heterocycles. The molecule has 0 radical (unpaired) electrons. The van der Waals surface area contributed by atoms with Crippen molar-refractivity contribution in [2.45, 2.75) is 19.9 Å². The third kappa shape index (κ3) is 4.79. The van der Waals surface area contributed by atoms with E-state index in [9.17, 15) is 0 Å². The van der Waals surface area contributed by atoms with Crippen LogP contribution in [0.1, 0.15) is 13.8 Å². The molecule has 2 aromatic rings. The first kappa shape index (κ1) is 14.8. The third-order valence-electron chi connectivity index (χ3n) is 2.58. The normalized spacial score (nSPS) is 11.7. The van der Waals surface area contributed by atoms with E-state index in [1.165, 1.54) is 6.33 Å². The molecule has 7 nitrogen and oxygen atoms in total. The summed E-state index contributed by atoms with van der Waals surface area (Å²) >= 11 is 0. The van der Waals surface area contributed by atoms with Gasteiger partial charge in [0.2, 0.25) is 11.9 Å². The molecule has 1 heterocycles. The summed E-state index contributed by atoms with van der Waals surface area (Å²) in [4.78, 5) is 11.7. The van der Waals surface area contributed by atoms with Gasteiger partial charge in [0, 0.05) is 6.07 Å². The number of hydrogen-bond acceptors (Lipinski definition) is 7. The zero-order chi connectivity index (χ0) is 15.1. The number of rotatable bonds is 7. The lowest BCUT2D eigenvalue weighted by atomic mass is 10.3. The van der Waals surface area contributed by atoms with Crippen molar-refractivity contribution in [2.75, 3.05) is 24.3 Å². The highest BCUT2D eigenvalue weighted by molar-refractivity contribution is 5.33. The zero-order valence-corrected chi connectivity index (χ0v) is 12.1. The minimum absolute atomic E-state index is 0.0162. The highest BCUT2D eigenvalue weighted by atomic mass is 16.5. The fraction of sp³-hybridized carbons (Fsp3) is 0.357. The Hall–Kier alpha value is -2.57. The molecule has 3 N–H and O–H groups in total. The maximum absolute atomic E-state index is 5.71. The van der Waals surface area contributed by atoms with E-state index in [1.807, 2.05) is 38.1 Å². The van der Waals surface area contributed by atoms with Gasteiger partial charge in [-0.2, -0.15) is 4.98 Å². The zero-order valence-electron chi connectivity index (χ0n) is 12.1. The molecule has 0 saturated carbocycles. The first-order chi connectivity index (χ1) is 10.2. The van der Waals surface area contributed by atoms with Crippen molar-refractivity contribution >= 4 is 11.9 Å². The SMILES string of the molecule is CCOc1cccc(OCC(C)Nc2ncnc(N)n2)c1. The molecule has 0 aliphatic carbocycles. The second-order valence-corrected chi connectivity index (χ2v) is 4.43. The number of benzene rings is 1. The molecule has 1 atom stereocenters. The molecule has 0 spiro atoms. The summed E-state index contributed by atoms with van der Waals surface area (Å²) in [5.74, 6) is 2.16. The lowest BCUT2D eigenvalue weighted by Gasteiger charge is -2.15. The van der Waals surface area contributed by atoms with Crippen molar-refractivity contribution in [3.8, 4) is 11.5 Å². The lowest BCUT2D eigenvalue weighted by molar-refractivity contribution is 0.297. The van der Waals surface area contributed by atoms with Gasteiger partial charge < -0.3 is 20.5 Å². The van der Waals surface area contributed by atoms with Crippen LogP contribution in [0.2, 0.25) is 0 Å². The molecule has 1 unspecified atom stereocenters. The van der Waals surface area contributed by atoms with E-state index >= 15 is 0 Å². The average Bonchev–Trinajstić information content (AvgIpc) is 2.46. The van der Waals surface area contributed by atoms with Crippen molar-refractivity contribution in [1.82, 2.24) is 15.0 Å². The molecule has 0 aliphatic heterocycles. The van der Waals surface area contributed by atoms with Gasteiger partial charge in [-0.1, -0.05) is 6.07 Å². The number of nitrogens with two attached hydrogens (primary N) is 1. The van der Waals surface area contributed by atoms with E-state index < -0.39 is 0 Å². The summed E-state index contributed by atoms with van der Waals surface area (Å²) in [5.41, 5.74) is 5.50. The molecular weight excluding hydrogens is 270 g/mol. The molecule has 112 valence electrons. The van der Waals surface area contributed by atoms with Crippen LogP contribution in [0.15, 0.2) is 30.6 Å². The lowest BCUT2D eigenvalue weighted by Crippen LogP contribution is -2.24. The van der Waals surface area contributed by atoms with Gasteiger partial charge in [-0.05, 0) is 26.0 Å². The summed E-state index contributed by atoms with van der Waals surface area (Å²) < 4.78 is 11.1. The smallest absolute Gasteiger partial charge is 0.227 e. The monoisotopic (exact) mass is 289 g/mol. The van der Waals surface area contributed by atoms with Crippen molar-refractivity contribution in [3.05, 3.63) is 30.6 Å².